The van der Waals surface area contributed by atoms with E-state index in [-0.39, 0.29) is 0 Å². The number of hydrogen-bond acceptors (Lipinski definition) is 2. The maximum absolute atomic E-state index is 5.54. The average molecular weight is 247 g/mol. The molecule has 18 heavy (non-hydrogen) atoms. The fraction of sp³-hybridized carbons (Fsp3) is 0.625. The molecule has 1 N–H and O–H groups in total. The summed E-state index contributed by atoms with van der Waals surface area (Å²) in [6.07, 6.45) is 4.79. The van der Waals surface area contributed by atoms with Crippen LogP contribution in [0.5, 0.6) is 5.75 Å². The van der Waals surface area contributed by atoms with Crippen LogP contribution in [0, 0.1) is 5.92 Å². The van der Waals surface area contributed by atoms with Gasteiger partial charge >= 0.3 is 0 Å². The molecule has 0 bridgehead atoms. The lowest BCUT2D eigenvalue weighted by Gasteiger charge is -2.16. The lowest BCUT2D eigenvalue weighted by molar-refractivity contribution is 0.357. The van der Waals surface area contributed by atoms with Crippen LogP contribution in [-0.4, -0.2) is 19.7 Å². The van der Waals surface area contributed by atoms with Gasteiger partial charge in [0.15, 0.2) is 0 Å². The van der Waals surface area contributed by atoms with E-state index in [1.807, 2.05) is 7.05 Å². The van der Waals surface area contributed by atoms with Gasteiger partial charge in [-0.15, -0.1) is 0 Å². The van der Waals surface area contributed by atoms with Gasteiger partial charge in [0.25, 0.3) is 0 Å². The summed E-state index contributed by atoms with van der Waals surface area (Å²) in [5.74, 6) is 1.87. The minimum absolute atomic E-state index is 0.619. The van der Waals surface area contributed by atoms with Crippen molar-refractivity contribution in [2.75, 3.05) is 13.7 Å². The molecule has 0 saturated carbocycles. The summed E-state index contributed by atoms with van der Waals surface area (Å²) >= 11 is 0. The molecule has 0 radical (unpaired) electrons. The Morgan fingerprint density at radius 1 is 1.33 bits per heavy atom. The Morgan fingerprint density at radius 3 is 2.94 bits per heavy atom. The maximum atomic E-state index is 5.54. The second-order valence-electron chi connectivity index (χ2n) is 5.61. The zero-order valence-corrected chi connectivity index (χ0v) is 11.8. The lowest BCUT2D eigenvalue weighted by atomic mass is 9.94. The monoisotopic (exact) mass is 247 g/mol. The van der Waals surface area contributed by atoms with Gasteiger partial charge in [0, 0.05) is 12.5 Å². The summed E-state index contributed by atoms with van der Waals surface area (Å²) in [6.45, 7) is 5.46. The van der Waals surface area contributed by atoms with Gasteiger partial charge in [-0.25, -0.2) is 0 Å². The Hall–Kier alpha value is -1.02. The molecule has 2 nitrogen and oxygen atoms in total. The molecule has 1 aliphatic rings. The number of fused-ring (bicyclic) bond motifs is 1. The van der Waals surface area contributed by atoms with E-state index in [1.54, 1.807) is 0 Å². The third-order valence-electron chi connectivity index (χ3n) is 3.93. The topological polar surface area (TPSA) is 21.3 Å². The van der Waals surface area contributed by atoms with E-state index in [9.17, 15) is 0 Å². The van der Waals surface area contributed by atoms with Crippen molar-refractivity contribution < 1.29 is 4.74 Å². The van der Waals surface area contributed by atoms with Gasteiger partial charge in [-0.2, -0.15) is 0 Å². The second-order valence-corrected chi connectivity index (χ2v) is 5.61. The van der Waals surface area contributed by atoms with Crippen molar-refractivity contribution in [2.24, 2.45) is 5.92 Å². The predicted molar refractivity (Wildman–Crippen MR) is 76.3 cm³/mol. The van der Waals surface area contributed by atoms with Gasteiger partial charge in [-0.3, -0.25) is 0 Å². The lowest BCUT2D eigenvalue weighted by Crippen LogP contribution is -2.23. The molecule has 1 heterocycles. The van der Waals surface area contributed by atoms with E-state index in [0.29, 0.717) is 6.04 Å². The molecule has 0 spiro atoms. The number of hydrogen-bond donors (Lipinski definition) is 1. The summed E-state index contributed by atoms with van der Waals surface area (Å²) in [5.41, 5.74) is 2.85. The first kappa shape index (κ1) is 13.4. The molecular formula is C16H25NO. The van der Waals surface area contributed by atoms with E-state index in [1.165, 1.54) is 30.4 Å². The van der Waals surface area contributed by atoms with Crippen LogP contribution in [0.25, 0.3) is 0 Å². The second kappa shape index (κ2) is 6.24. The minimum Gasteiger partial charge on any atom is -0.493 e. The first-order valence-electron chi connectivity index (χ1n) is 7.11. The molecule has 2 heteroatoms. The van der Waals surface area contributed by atoms with Crippen LogP contribution in [0.15, 0.2) is 18.2 Å². The van der Waals surface area contributed by atoms with Crippen LogP contribution in [0.4, 0.5) is 0 Å². The van der Waals surface area contributed by atoms with Gasteiger partial charge < -0.3 is 10.1 Å². The number of ether oxygens (including phenoxy) is 1. The number of rotatable bonds is 6. The molecule has 100 valence electrons. The summed E-state index contributed by atoms with van der Waals surface area (Å²) in [4.78, 5) is 0. The van der Waals surface area contributed by atoms with Crippen LogP contribution in [0.2, 0.25) is 0 Å². The van der Waals surface area contributed by atoms with Crippen LogP contribution in [0.1, 0.15) is 37.8 Å². The Kier molecular flexibility index (Phi) is 4.65. The van der Waals surface area contributed by atoms with Gasteiger partial charge in [0.2, 0.25) is 0 Å². The first-order chi connectivity index (χ1) is 8.69. The SMILES string of the molecule is CNC(C)CC(C)CCc1ccc2c(c1)CCO2. The molecule has 2 rings (SSSR count). The fourth-order valence-corrected chi connectivity index (χ4v) is 2.65. The standard InChI is InChI=1S/C16H25NO/c1-12(10-13(2)17-3)4-5-14-6-7-16-15(11-14)8-9-18-16/h6-7,11-13,17H,4-5,8-10H2,1-3H3. The predicted octanol–water partition coefficient (Wildman–Crippen LogP) is 3.19. The van der Waals surface area contributed by atoms with Crippen molar-refractivity contribution in [3.8, 4) is 5.75 Å². The van der Waals surface area contributed by atoms with Crippen molar-refractivity contribution in [2.45, 2.75) is 45.6 Å². The summed E-state index contributed by atoms with van der Waals surface area (Å²) < 4.78 is 5.54. The highest BCUT2D eigenvalue weighted by Gasteiger charge is 2.12. The van der Waals surface area contributed by atoms with Crippen LogP contribution >= 0.6 is 0 Å². The van der Waals surface area contributed by atoms with E-state index in [0.717, 1.165) is 24.7 Å². The van der Waals surface area contributed by atoms with E-state index in [2.05, 4.69) is 37.4 Å². The number of nitrogens with one attached hydrogen (secondary N) is 1. The highest BCUT2D eigenvalue weighted by atomic mass is 16.5. The van der Waals surface area contributed by atoms with E-state index in [4.69, 9.17) is 4.74 Å². The zero-order valence-electron chi connectivity index (χ0n) is 11.8. The van der Waals surface area contributed by atoms with Gasteiger partial charge in [-0.05, 0) is 56.3 Å². The normalized spacial score (nSPS) is 17.1. The minimum atomic E-state index is 0.619. The molecule has 0 aromatic heterocycles. The Labute approximate surface area is 111 Å². The number of benzene rings is 1. The number of aryl methyl sites for hydroxylation is 1. The molecule has 0 amide bonds. The molecule has 2 unspecified atom stereocenters. The summed E-state index contributed by atoms with van der Waals surface area (Å²) in [6, 6.07) is 7.31. The third kappa shape index (κ3) is 3.49. The average Bonchev–Trinajstić information content (AvgIpc) is 2.83. The smallest absolute Gasteiger partial charge is 0.122 e. The quantitative estimate of drug-likeness (QED) is 0.833. The van der Waals surface area contributed by atoms with E-state index >= 15 is 0 Å². The van der Waals surface area contributed by atoms with Crippen LogP contribution in [-0.2, 0) is 12.8 Å². The van der Waals surface area contributed by atoms with Gasteiger partial charge in [0.1, 0.15) is 5.75 Å². The zero-order chi connectivity index (χ0) is 13.0. The fourth-order valence-electron chi connectivity index (χ4n) is 2.65. The molecule has 1 aliphatic heterocycles. The molecular weight excluding hydrogens is 222 g/mol. The molecule has 0 fully saturated rings. The van der Waals surface area contributed by atoms with Gasteiger partial charge in [0.05, 0.1) is 6.61 Å². The summed E-state index contributed by atoms with van der Waals surface area (Å²) in [7, 11) is 2.04. The van der Waals surface area contributed by atoms with E-state index < -0.39 is 0 Å². The molecule has 1 aromatic carbocycles. The molecule has 1 aromatic rings. The molecule has 2 atom stereocenters. The highest BCUT2D eigenvalue weighted by molar-refractivity contribution is 5.39. The van der Waals surface area contributed by atoms with Crippen molar-refractivity contribution in [3.05, 3.63) is 29.3 Å². The Morgan fingerprint density at radius 2 is 2.17 bits per heavy atom. The maximum Gasteiger partial charge on any atom is 0.122 e. The van der Waals surface area contributed by atoms with Crippen LogP contribution in [0.3, 0.4) is 0 Å². The molecule has 0 saturated heterocycles. The van der Waals surface area contributed by atoms with Crippen LogP contribution < -0.4 is 10.1 Å². The van der Waals surface area contributed by atoms with Gasteiger partial charge in [-0.1, -0.05) is 19.1 Å². The largest absolute Gasteiger partial charge is 0.493 e. The molecule has 0 aliphatic carbocycles. The van der Waals surface area contributed by atoms with Crippen molar-refractivity contribution in [3.63, 3.8) is 0 Å². The first-order valence-corrected chi connectivity index (χ1v) is 7.11. The Bertz CT molecular complexity index is 389. The van der Waals surface area contributed by atoms with Crippen molar-refractivity contribution in [1.82, 2.24) is 5.32 Å². The third-order valence-corrected chi connectivity index (χ3v) is 3.93. The van der Waals surface area contributed by atoms with Crippen molar-refractivity contribution in [1.29, 1.82) is 0 Å². The van der Waals surface area contributed by atoms with Crippen molar-refractivity contribution >= 4 is 0 Å². The highest BCUT2D eigenvalue weighted by Crippen LogP contribution is 2.26. The summed E-state index contributed by atoms with van der Waals surface area (Å²) in [5, 5.41) is 3.31. The Balaban J connectivity index is 1.83.